The molecule has 4 heteroatoms. The van der Waals surface area contributed by atoms with Crippen LogP contribution in [0.5, 0.6) is 0 Å². The normalized spacial score (nSPS) is 43.4. The molecule has 0 aromatic carbocycles. The van der Waals surface area contributed by atoms with E-state index < -0.39 is 6.00 Å². The second-order valence-corrected chi connectivity index (χ2v) is 12.8. The number of halogens is 3. The third-order valence-corrected chi connectivity index (χ3v) is 7.23. The Morgan fingerprint density at radius 3 is 2.00 bits per heavy atom. The van der Waals surface area contributed by atoms with Crippen molar-refractivity contribution in [2.24, 2.45) is 11.8 Å². The number of hydrogen-bond donors (Lipinski definition) is 0. The van der Waals surface area contributed by atoms with E-state index in [2.05, 4.69) is 0 Å². The van der Waals surface area contributed by atoms with Gasteiger partial charge in [-0.1, -0.05) is 12.8 Å². The van der Waals surface area contributed by atoms with Crippen LogP contribution in [0.25, 0.3) is 0 Å². The van der Waals surface area contributed by atoms with E-state index in [9.17, 15) is 0 Å². The van der Waals surface area contributed by atoms with Crippen molar-refractivity contribution >= 4 is 39.2 Å². The summed E-state index contributed by atoms with van der Waals surface area (Å²) in [5.41, 5.74) is 0.478. The van der Waals surface area contributed by atoms with Crippen LogP contribution in [-0.4, -0.2) is 6.00 Å². The van der Waals surface area contributed by atoms with Crippen molar-refractivity contribution < 1.29 is 0 Å². The van der Waals surface area contributed by atoms with Crippen LogP contribution >= 0.6 is 33.2 Å². The molecule has 2 rings (SSSR count). The van der Waals surface area contributed by atoms with Gasteiger partial charge in [0.15, 0.2) is 0 Å². The second kappa shape index (κ2) is 2.80. The molecular weight excluding hydrogens is 219 g/mol. The molecule has 0 aromatic heterocycles. The first-order valence-electron chi connectivity index (χ1n) is 4.14. The molecule has 2 bridgehead atoms. The van der Waals surface area contributed by atoms with Crippen molar-refractivity contribution in [3.05, 3.63) is 0 Å². The maximum atomic E-state index is 6.00. The van der Waals surface area contributed by atoms with Gasteiger partial charge in [0.1, 0.15) is 0 Å². The van der Waals surface area contributed by atoms with Gasteiger partial charge in [0.25, 0.3) is 0 Å². The quantitative estimate of drug-likeness (QED) is 0.474. The summed E-state index contributed by atoms with van der Waals surface area (Å²) < 4.78 is 0. The van der Waals surface area contributed by atoms with Crippen molar-refractivity contribution in [1.82, 2.24) is 0 Å². The van der Waals surface area contributed by atoms with E-state index in [1.54, 1.807) is 0 Å². The molecule has 0 aromatic rings. The monoisotopic (exact) mass is 228 g/mol. The van der Waals surface area contributed by atoms with Gasteiger partial charge >= 0.3 is 6.00 Å². The fraction of sp³-hybridized carbons (Fsp3) is 1.00. The summed E-state index contributed by atoms with van der Waals surface area (Å²) in [6.07, 6.45) is 5.24. The summed E-state index contributed by atoms with van der Waals surface area (Å²) in [5.74, 6) is 1.66. The SMILES string of the molecule is Cl[Si](Cl)(Cl)[C@@H]1C[C@H]2CC[C@@H]1C2. The molecule has 2 aliphatic carbocycles. The summed E-state index contributed by atoms with van der Waals surface area (Å²) in [5, 5.41) is 0. The number of rotatable bonds is 1. The van der Waals surface area contributed by atoms with Gasteiger partial charge in [-0.05, 0) is 30.2 Å². The minimum absolute atomic E-state index is 0.478. The van der Waals surface area contributed by atoms with Crippen molar-refractivity contribution in [3.8, 4) is 0 Å². The molecule has 0 N–H and O–H groups in total. The van der Waals surface area contributed by atoms with Gasteiger partial charge in [-0.2, -0.15) is 0 Å². The van der Waals surface area contributed by atoms with Crippen LogP contribution in [0.4, 0.5) is 0 Å². The van der Waals surface area contributed by atoms with Gasteiger partial charge in [0.2, 0.25) is 0 Å². The lowest BCUT2D eigenvalue weighted by molar-refractivity contribution is 0.477. The van der Waals surface area contributed by atoms with Crippen LogP contribution in [0.2, 0.25) is 5.54 Å². The maximum absolute atomic E-state index is 6.00. The summed E-state index contributed by atoms with van der Waals surface area (Å²) in [4.78, 5) is 0. The second-order valence-electron chi connectivity index (χ2n) is 3.82. The topological polar surface area (TPSA) is 0 Å². The standard InChI is InChI=1S/C7H11Cl3Si/c8-11(9,10)7-4-5-1-2-6(7)3-5/h5-7H,1-4H2/t5-,6+,7+/m0/s1. The Balaban J connectivity index is 2.08. The summed E-state index contributed by atoms with van der Waals surface area (Å²) in [6.45, 7) is 0. The van der Waals surface area contributed by atoms with E-state index in [4.69, 9.17) is 33.2 Å². The van der Waals surface area contributed by atoms with E-state index in [1.165, 1.54) is 25.7 Å². The number of hydrogen-bond acceptors (Lipinski definition) is 0. The van der Waals surface area contributed by atoms with E-state index in [0.29, 0.717) is 5.54 Å². The highest BCUT2D eigenvalue weighted by atomic mass is 35.8. The molecule has 0 unspecified atom stereocenters. The van der Waals surface area contributed by atoms with Crippen molar-refractivity contribution in [2.45, 2.75) is 31.2 Å². The zero-order chi connectivity index (χ0) is 8.06. The van der Waals surface area contributed by atoms with Gasteiger partial charge in [0.05, 0.1) is 0 Å². The highest BCUT2D eigenvalue weighted by Crippen LogP contribution is 2.58. The summed E-state index contributed by atoms with van der Waals surface area (Å²) >= 11 is 18.0. The third-order valence-electron chi connectivity index (χ3n) is 3.16. The first kappa shape index (κ1) is 8.67. The molecular formula is C7H11Cl3Si. The van der Waals surface area contributed by atoms with Crippen molar-refractivity contribution in [2.75, 3.05) is 0 Å². The highest BCUT2D eigenvalue weighted by Gasteiger charge is 2.50. The van der Waals surface area contributed by atoms with Crippen LogP contribution in [0, 0.1) is 11.8 Å². The van der Waals surface area contributed by atoms with Gasteiger partial charge < -0.3 is 0 Å². The fourth-order valence-corrected chi connectivity index (χ4v) is 6.49. The first-order valence-corrected chi connectivity index (χ1v) is 9.25. The Kier molecular flexibility index (Phi) is 2.20. The smallest absolute Gasteiger partial charge is 0.126 e. The van der Waals surface area contributed by atoms with E-state index in [0.717, 1.165) is 11.8 Å². The lowest BCUT2D eigenvalue weighted by Crippen LogP contribution is -2.24. The predicted octanol–water partition coefficient (Wildman–Crippen LogP) is 3.83. The maximum Gasteiger partial charge on any atom is 0.344 e. The molecule has 64 valence electrons. The minimum atomic E-state index is -2.36. The Labute approximate surface area is 82.3 Å². The molecule has 3 atom stereocenters. The molecule has 0 amide bonds. The van der Waals surface area contributed by atoms with Crippen molar-refractivity contribution in [1.29, 1.82) is 0 Å². The Morgan fingerprint density at radius 2 is 1.73 bits per heavy atom. The fourth-order valence-electron chi connectivity index (χ4n) is 2.65. The van der Waals surface area contributed by atoms with Crippen molar-refractivity contribution in [3.63, 3.8) is 0 Å². The van der Waals surface area contributed by atoms with Crippen LogP contribution in [0.15, 0.2) is 0 Å². The molecule has 11 heavy (non-hydrogen) atoms. The lowest BCUT2D eigenvalue weighted by Gasteiger charge is -2.25. The van der Waals surface area contributed by atoms with Crippen LogP contribution in [0.1, 0.15) is 25.7 Å². The minimum Gasteiger partial charge on any atom is -0.126 e. The summed E-state index contributed by atoms with van der Waals surface area (Å²) in [7, 11) is 0. The molecule has 0 spiro atoms. The summed E-state index contributed by atoms with van der Waals surface area (Å²) in [6, 6.07) is -2.36. The molecule has 0 heterocycles. The van der Waals surface area contributed by atoms with Crippen LogP contribution < -0.4 is 0 Å². The molecule has 2 fully saturated rings. The lowest BCUT2D eigenvalue weighted by atomic mass is 10.0. The van der Waals surface area contributed by atoms with Gasteiger partial charge in [0, 0.05) is 0 Å². The first-order chi connectivity index (χ1) is 5.07. The molecule has 2 aliphatic rings. The van der Waals surface area contributed by atoms with Gasteiger partial charge in [-0.15, -0.1) is 33.2 Å². The number of fused-ring (bicyclic) bond motifs is 2. The molecule has 2 saturated carbocycles. The average molecular weight is 230 g/mol. The highest BCUT2D eigenvalue weighted by molar-refractivity contribution is 7.65. The Morgan fingerprint density at radius 1 is 1.00 bits per heavy atom. The zero-order valence-corrected chi connectivity index (χ0v) is 9.46. The van der Waals surface area contributed by atoms with Gasteiger partial charge in [-0.25, -0.2) is 0 Å². The zero-order valence-electron chi connectivity index (χ0n) is 6.19. The van der Waals surface area contributed by atoms with E-state index in [-0.39, 0.29) is 0 Å². The third kappa shape index (κ3) is 1.58. The van der Waals surface area contributed by atoms with Crippen LogP contribution in [-0.2, 0) is 0 Å². The largest absolute Gasteiger partial charge is 0.344 e. The molecule has 0 nitrogen and oxygen atoms in total. The molecule has 0 saturated heterocycles. The Hall–Kier alpha value is 1.09. The Bertz CT molecular complexity index is 166. The average Bonchev–Trinajstić information content (AvgIpc) is 2.42. The molecule has 0 aliphatic heterocycles. The van der Waals surface area contributed by atoms with E-state index in [1.807, 2.05) is 0 Å². The van der Waals surface area contributed by atoms with Crippen LogP contribution in [0.3, 0.4) is 0 Å². The van der Waals surface area contributed by atoms with E-state index >= 15 is 0 Å². The molecule has 0 radical (unpaired) electrons. The predicted molar refractivity (Wildman–Crippen MR) is 52.5 cm³/mol. The van der Waals surface area contributed by atoms with Gasteiger partial charge in [-0.3, -0.25) is 0 Å².